The van der Waals surface area contributed by atoms with Gasteiger partial charge in [0.15, 0.2) is 0 Å². The van der Waals surface area contributed by atoms with Crippen molar-refractivity contribution in [2.75, 3.05) is 5.32 Å². The topological polar surface area (TPSA) is 55.1 Å². The number of halogens is 1. The normalized spacial score (nSPS) is 12.6. The highest BCUT2D eigenvalue weighted by molar-refractivity contribution is 9.10. The van der Waals surface area contributed by atoms with Crippen LogP contribution in [-0.4, -0.2) is 11.9 Å². The van der Waals surface area contributed by atoms with Crippen molar-refractivity contribution in [3.63, 3.8) is 0 Å². The summed E-state index contributed by atoms with van der Waals surface area (Å²) in [4.78, 5) is 11.8. The van der Waals surface area contributed by atoms with Crippen molar-refractivity contribution in [3.05, 3.63) is 27.7 Å². The molecule has 0 radical (unpaired) electrons. The molecule has 3 nitrogen and oxygen atoms in total. The van der Waals surface area contributed by atoms with Crippen molar-refractivity contribution in [3.8, 4) is 0 Å². The highest BCUT2D eigenvalue weighted by atomic mass is 79.9. The number of rotatable bonds is 3. The Kier molecular flexibility index (Phi) is 4.71. The SMILES string of the molecule is Cc1cc(NC(=O)[C@@H](N)C(C)C)cc(C)c1Br. The molecule has 0 saturated carbocycles. The predicted molar refractivity (Wildman–Crippen MR) is 75.1 cm³/mol. The summed E-state index contributed by atoms with van der Waals surface area (Å²) < 4.78 is 1.07. The van der Waals surface area contributed by atoms with Gasteiger partial charge >= 0.3 is 0 Å². The largest absolute Gasteiger partial charge is 0.325 e. The third kappa shape index (κ3) is 3.54. The summed E-state index contributed by atoms with van der Waals surface area (Å²) in [6.45, 7) is 7.86. The zero-order chi connectivity index (χ0) is 13.2. The molecule has 1 aromatic carbocycles. The molecule has 1 aromatic rings. The molecule has 1 atom stereocenters. The van der Waals surface area contributed by atoms with E-state index in [0.29, 0.717) is 0 Å². The molecule has 0 aliphatic heterocycles. The summed E-state index contributed by atoms with van der Waals surface area (Å²) in [5.41, 5.74) is 8.78. The maximum Gasteiger partial charge on any atom is 0.241 e. The fourth-order valence-corrected chi connectivity index (χ4v) is 1.78. The van der Waals surface area contributed by atoms with Gasteiger partial charge in [0.1, 0.15) is 0 Å². The molecule has 17 heavy (non-hydrogen) atoms. The van der Waals surface area contributed by atoms with Crippen LogP contribution in [0, 0.1) is 19.8 Å². The standard InChI is InChI=1S/C13H19BrN2O/c1-7(2)12(15)13(17)16-10-5-8(3)11(14)9(4)6-10/h5-7,12H,15H2,1-4H3,(H,16,17)/t12-/m0/s1. The van der Waals surface area contributed by atoms with E-state index in [9.17, 15) is 4.79 Å². The van der Waals surface area contributed by atoms with Gasteiger partial charge in [-0.15, -0.1) is 0 Å². The molecule has 0 spiro atoms. The number of benzene rings is 1. The van der Waals surface area contributed by atoms with Crippen LogP contribution >= 0.6 is 15.9 Å². The Hall–Kier alpha value is -0.870. The van der Waals surface area contributed by atoms with Gasteiger partial charge in [-0.3, -0.25) is 4.79 Å². The second-order valence-corrected chi connectivity index (χ2v) is 5.48. The van der Waals surface area contributed by atoms with Crippen LogP contribution in [0.1, 0.15) is 25.0 Å². The molecule has 0 heterocycles. The summed E-state index contributed by atoms with van der Waals surface area (Å²) in [7, 11) is 0. The first-order valence-electron chi connectivity index (χ1n) is 5.66. The zero-order valence-corrected chi connectivity index (χ0v) is 12.3. The van der Waals surface area contributed by atoms with Crippen LogP contribution in [-0.2, 0) is 4.79 Å². The number of nitrogens with two attached hydrogens (primary N) is 1. The Balaban J connectivity index is 2.86. The lowest BCUT2D eigenvalue weighted by Crippen LogP contribution is -2.39. The minimum atomic E-state index is -0.473. The average Bonchev–Trinajstić information content (AvgIpc) is 2.24. The van der Waals surface area contributed by atoms with Gasteiger partial charge in [-0.1, -0.05) is 29.8 Å². The third-order valence-corrected chi connectivity index (χ3v) is 3.98. The second-order valence-electron chi connectivity index (χ2n) is 4.68. The maximum atomic E-state index is 11.8. The Morgan fingerprint density at radius 1 is 1.29 bits per heavy atom. The lowest BCUT2D eigenvalue weighted by molar-refractivity contribution is -0.118. The Morgan fingerprint density at radius 2 is 1.76 bits per heavy atom. The lowest BCUT2D eigenvalue weighted by Gasteiger charge is -2.16. The maximum absolute atomic E-state index is 11.8. The molecule has 3 N–H and O–H groups in total. The number of amides is 1. The van der Waals surface area contributed by atoms with Gasteiger partial charge in [0, 0.05) is 10.2 Å². The van der Waals surface area contributed by atoms with E-state index in [1.165, 1.54) is 0 Å². The van der Waals surface area contributed by atoms with Crippen molar-refractivity contribution >= 4 is 27.5 Å². The van der Waals surface area contributed by atoms with Gasteiger partial charge in [-0.2, -0.15) is 0 Å². The second kappa shape index (κ2) is 5.65. The summed E-state index contributed by atoms with van der Waals surface area (Å²) in [5.74, 6) is -0.00577. The van der Waals surface area contributed by atoms with Crippen molar-refractivity contribution in [2.24, 2.45) is 11.7 Å². The summed E-state index contributed by atoms with van der Waals surface area (Å²) in [6, 6.07) is 3.39. The Labute approximate surface area is 111 Å². The average molecular weight is 299 g/mol. The smallest absolute Gasteiger partial charge is 0.241 e. The van der Waals surface area contributed by atoms with E-state index in [1.807, 2.05) is 39.8 Å². The van der Waals surface area contributed by atoms with Crippen LogP contribution in [0.5, 0.6) is 0 Å². The van der Waals surface area contributed by atoms with Crippen molar-refractivity contribution in [1.82, 2.24) is 0 Å². The monoisotopic (exact) mass is 298 g/mol. The highest BCUT2D eigenvalue weighted by Crippen LogP contribution is 2.25. The first-order valence-corrected chi connectivity index (χ1v) is 6.45. The van der Waals surface area contributed by atoms with E-state index in [4.69, 9.17) is 5.73 Å². The van der Waals surface area contributed by atoms with Gasteiger partial charge in [-0.25, -0.2) is 0 Å². The first-order chi connectivity index (χ1) is 7.82. The molecule has 0 saturated heterocycles. The minimum Gasteiger partial charge on any atom is -0.325 e. The molecule has 0 aliphatic carbocycles. The summed E-state index contributed by atoms with van der Waals surface area (Å²) in [6.07, 6.45) is 0. The van der Waals surface area contributed by atoms with Crippen LogP contribution in [0.4, 0.5) is 5.69 Å². The molecular formula is C13H19BrN2O. The molecular weight excluding hydrogens is 280 g/mol. The van der Waals surface area contributed by atoms with E-state index < -0.39 is 6.04 Å². The van der Waals surface area contributed by atoms with Crippen LogP contribution in [0.15, 0.2) is 16.6 Å². The number of hydrogen-bond donors (Lipinski definition) is 2. The Bertz CT molecular complexity index is 406. The molecule has 1 amide bonds. The minimum absolute atomic E-state index is 0.132. The number of hydrogen-bond acceptors (Lipinski definition) is 2. The number of aryl methyl sites for hydroxylation is 2. The fourth-order valence-electron chi connectivity index (χ4n) is 1.55. The number of carbonyl (C=O) groups excluding carboxylic acids is 1. The van der Waals surface area contributed by atoms with E-state index in [0.717, 1.165) is 21.3 Å². The van der Waals surface area contributed by atoms with Crippen molar-refractivity contribution in [1.29, 1.82) is 0 Å². The number of anilines is 1. The number of carbonyl (C=O) groups is 1. The predicted octanol–water partition coefficient (Wildman–Crippen LogP) is 2.99. The fraction of sp³-hybridized carbons (Fsp3) is 0.462. The quantitative estimate of drug-likeness (QED) is 0.901. The first kappa shape index (κ1) is 14.2. The molecule has 4 heteroatoms. The Morgan fingerprint density at radius 3 is 2.18 bits per heavy atom. The molecule has 0 aromatic heterocycles. The van der Waals surface area contributed by atoms with Gasteiger partial charge in [0.2, 0.25) is 5.91 Å². The van der Waals surface area contributed by atoms with Gasteiger partial charge < -0.3 is 11.1 Å². The molecule has 0 unspecified atom stereocenters. The third-order valence-electron chi connectivity index (χ3n) is 2.72. The van der Waals surface area contributed by atoms with E-state index in [1.54, 1.807) is 0 Å². The summed E-state index contributed by atoms with van der Waals surface area (Å²) >= 11 is 3.49. The van der Waals surface area contributed by atoms with Gasteiger partial charge in [0.05, 0.1) is 6.04 Å². The molecule has 94 valence electrons. The van der Waals surface area contributed by atoms with Gasteiger partial charge in [-0.05, 0) is 43.0 Å². The summed E-state index contributed by atoms with van der Waals surface area (Å²) in [5, 5.41) is 2.85. The van der Waals surface area contributed by atoms with Crippen LogP contribution in [0.25, 0.3) is 0 Å². The molecule has 0 fully saturated rings. The van der Waals surface area contributed by atoms with Crippen LogP contribution in [0.3, 0.4) is 0 Å². The van der Waals surface area contributed by atoms with Crippen LogP contribution in [0.2, 0.25) is 0 Å². The van der Waals surface area contributed by atoms with E-state index in [-0.39, 0.29) is 11.8 Å². The highest BCUT2D eigenvalue weighted by Gasteiger charge is 2.17. The number of nitrogens with one attached hydrogen (secondary N) is 1. The van der Waals surface area contributed by atoms with Crippen LogP contribution < -0.4 is 11.1 Å². The zero-order valence-electron chi connectivity index (χ0n) is 10.7. The van der Waals surface area contributed by atoms with Gasteiger partial charge in [0.25, 0.3) is 0 Å². The molecule has 0 aliphatic rings. The van der Waals surface area contributed by atoms with Crippen molar-refractivity contribution in [2.45, 2.75) is 33.7 Å². The lowest BCUT2D eigenvalue weighted by atomic mass is 10.0. The molecule has 1 rings (SSSR count). The van der Waals surface area contributed by atoms with E-state index >= 15 is 0 Å². The molecule has 0 bridgehead atoms. The van der Waals surface area contributed by atoms with Crippen molar-refractivity contribution < 1.29 is 4.79 Å². The van der Waals surface area contributed by atoms with E-state index in [2.05, 4.69) is 21.2 Å².